The highest BCUT2D eigenvalue weighted by Crippen LogP contribution is 2.38. The van der Waals surface area contributed by atoms with Crippen molar-refractivity contribution in [2.24, 2.45) is 0 Å². The quantitative estimate of drug-likeness (QED) is 0.0877. The summed E-state index contributed by atoms with van der Waals surface area (Å²) in [4.78, 5) is 21.4. The van der Waals surface area contributed by atoms with Gasteiger partial charge in [0, 0.05) is 37.1 Å². The van der Waals surface area contributed by atoms with Gasteiger partial charge in [0.15, 0.2) is 5.82 Å². The van der Waals surface area contributed by atoms with Crippen LogP contribution < -0.4 is 20.1 Å². The average Bonchev–Trinajstić information content (AvgIpc) is 3.05. The molecule has 0 atom stereocenters. The predicted molar refractivity (Wildman–Crippen MR) is 210 cm³/mol. The monoisotopic (exact) mass is 962 g/mol. The number of carbonyl (C=O) groups is 2. The maximum absolute atomic E-state index is 14.4. The third-order valence-electron chi connectivity index (χ3n) is 7.01. The number of nitrogens with one attached hydrogen (secondary N) is 2. The minimum Gasteiger partial charge on any atom is -0.486 e. The summed E-state index contributed by atoms with van der Waals surface area (Å²) in [6, 6.07) is 18.3. The highest BCUT2D eigenvalue weighted by atomic mass is 79.9. The van der Waals surface area contributed by atoms with Crippen molar-refractivity contribution in [3.8, 4) is 11.5 Å². The standard InChI is InChI=1S/C18H18Br2ClNO3.C18H18Br2FNO3/c2*1-2-22-15-5-3-4-12(17(15)21)10-25-18-13(19)8-11(9-14(18)20)6-7-16(23)24/h2*3-5,8-9,22H,2,6-7,10H2,1H3,(H,23,24). The van der Waals surface area contributed by atoms with Gasteiger partial charge in [0.2, 0.25) is 0 Å². The van der Waals surface area contributed by atoms with Crippen LogP contribution in [0.1, 0.15) is 48.9 Å². The van der Waals surface area contributed by atoms with Crippen LogP contribution in [0.5, 0.6) is 11.5 Å². The third-order valence-corrected chi connectivity index (χ3v) is 9.81. The Balaban J connectivity index is 0.000000270. The zero-order chi connectivity index (χ0) is 36.8. The Morgan fingerprint density at radius 1 is 0.700 bits per heavy atom. The van der Waals surface area contributed by atoms with Crippen LogP contribution in [-0.2, 0) is 35.6 Å². The smallest absolute Gasteiger partial charge is 0.303 e. The summed E-state index contributed by atoms with van der Waals surface area (Å²) in [5.74, 6) is -0.780. The molecule has 0 bridgehead atoms. The van der Waals surface area contributed by atoms with E-state index in [1.54, 1.807) is 18.2 Å². The van der Waals surface area contributed by atoms with Crippen molar-refractivity contribution < 1.29 is 33.7 Å². The molecular formula is C36H36Br4ClFN2O6. The van der Waals surface area contributed by atoms with Crippen LogP contribution in [0.3, 0.4) is 0 Å². The van der Waals surface area contributed by atoms with Crippen LogP contribution in [0.25, 0.3) is 0 Å². The maximum atomic E-state index is 14.4. The van der Waals surface area contributed by atoms with Crippen LogP contribution in [0, 0.1) is 5.82 Å². The van der Waals surface area contributed by atoms with E-state index in [1.165, 1.54) is 0 Å². The molecule has 0 spiro atoms. The van der Waals surface area contributed by atoms with Gasteiger partial charge in [-0.15, -0.1) is 0 Å². The van der Waals surface area contributed by atoms with Crippen molar-refractivity contribution >= 4 is 98.6 Å². The first-order chi connectivity index (χ1) is 23.8. The van der Waals surface area contributed by atoms with Crippen molar-refractivity contribution in [1.29, 1.82) is 0 Å². The van der Waals surface area contributed by atoms with Gasteiger partial charge in [-0.1, -0.05) is 35.9 Å². The van der Waals surface area contributed by atoms with E-state index >= 15 is 0 Å². The lowest BCUT2D eigenvalue weighted by Gasteiger charge is -2.14. The Morgan fingerprint density at radius 2 is 1.10 bits per heavy atom. The largest absolute Gasteiger partial charge is 0.486 e. The van der Waals surface area contributed by atoms with Gasteiger partial charge in [0.1, 0.15) is 24.7 Å². The Bertz CT molecular complexity index is 1620. The summed E-state index contributed by atoms with van der Waals surface area (Å²) in [6.07, 6.45) is 1.03. The molecular weight excluding hydrogens is 930 g/mol. The first kappa shape index (κ1) is 41.6. The second-order valence-corrected chi connectivity index (χ2v) is 14.6. The molecule has 0 fully saturated rings. The van der Waals surface area contributed by atoms with E-state index in [9.17, 15) is 14.0 Å². The Morgan fingerprint density at radius 3 is 1.54 bits per heavy atom. The molecule has 0 heterocycles. The zero-order valence-electron chi connectivity index (χ0n) is 27.2. The molecule has 0 aromatic heterocycles. The molecule has 0 unspecified atom stereocenters. The second kappa shape index (κ2) is 20.9. The number of carboxylic acid groups (broad SMARTS) is 2. The van der Waals surface area contributed by atoms with Crippen molar-refractivity contribution in [3.63, 3.8) is 0 Å². The molecule has 0 aliphatic heterocycles. The Labute approximate surface area is 329 Å². The molecule has 0 saturated heterocycles. The van der Waals surface area contributed by atoms with E-state index in [0.717, 1.165) is 37.9 Å². The number of anilines is 2. The highest BCUT2D eigenvalue weighted by molar-refractivity contribution is 9.11. The van der Waals surface area contributed by atoms with E-state index in [0.29, 0.717) is 62.7 Å². The Hall–Kier alpha value is -2.84. The fourth-order valence-corrected chi connectivity index (χ4v) is 7.90. The fourth-order valence-electron chi connectivity index (χ4n) is 4.63. The van der Waals surface area contributed by atoms with Crippen molar-refractivity contribution in [3.05, 3.63) is 112 Å². The number of ether oxygens (including phenoxy) is 2. The van der Waals surface area contributed by atoms with Gasteiger partial charge in [-0.05, 0) is 138 Å². The lowest BCUT2D eigenvalue weighted by molar-refractivity contribution is -0.138. The summed E-state index contributed by atoms with van der Waals surface area (Å²) in [5, 5.41) is 24.4. The molecule has 50 heavy (non-hydrogen) atoms. The fraction of sp³-hybridized carbons (Fsp3) is 0.278. The number of hydrogen-bond acceptors (Lipinski definition) is 6. The van der Waals surface area contributed by atoms with Crippen molar-refractivity contribution in [2.75, 3.05) is 23.7 Å². The van der Waals surface area contributed by atoms with E-state index in [2.05, 4.69) is 74.4 Å². The zero-order valence-corrected chi connectivity index (χ0v) is 34.3. The van der Waals surface area contributed by atoms with Gasteiger partial charge < -0.3 is 30.3 Å². The summed E-state index contributed by atoms with van der Waals surface area (Å²) < 4.78 is 29.0. The van der Waals surface area contributed by atoms with Gasteiger partial charge >= 0.3 is 11.9 Å². The van der Waals surface area contributed by atoms with Gasteiger partial charge in [-0.3, -0.25) is 9.59 Å². The summed E-state index contributed by atoms with van der Waals surface area (Å²) in [5.41, 5.74) is 4.45. The molecule has 14 heteroatoms. The highest BCUT2D eigenvalue weighted by Gasteiger charge is 2.14. The third kappa shape index (κ3) is 12.7. The van der Waals surface area contributed by atoms with Crippen LogP contribution in [-0.4, -0.2) is 35.2 Å². The minimum absolute atomic E-state index is 0.0571. The maximum Gasteiger partial charge on any atom is 0.303 e. The second-order valence-electron chi connectivity index (χ2n) is 10.8. The van der Waals surface area contributed by atoms with Gasteiger partial charge in [0.05, 0.1) is 34.3 Å². The Kier molecular flexibility index (Phi) is 17.4. The number of halogens is 6. The molecule has 0 aliphatic carbocycles. The molecule has 4 aromatic rings. The number of rotatable bonds is 16. The molecule has 8 nitrogen and oxygen atoms in total. The minimum atomic E-state index is -0.844. The lowest BCUT2D eigenvalue weighted by atomic mass is 10.1. The molecule has 4 N–H and O–H groups in total. The molecule has 0 aliphatic rings. The van der Waals surface area contributed by atoms with E-state index < -0.39 is 11.9 Å². The van der Waals surface area contributed by atoms with E-state index in [-0.39, 0.29) is 25.3 Å². The summed E-state index contributed by atoms with van der Waals surface area (Å²) in [6.45, 7) is 5.75. The molecule has 4 rings (SSSR count). The normalized spacial score (nSPS) is 10.6. The predicted octanol–water partition coefficient (Wildman–Crippen LogP) is 11.3. The van der Waals surface area contributed by atoms with Crippen molar-refractivity contribution in [1.82, 2.24) is 0 Å². The first-order valence-electron chi connectivity index (χ1n) is 15.5. The summed E-state index contributed by atoms with van der Waals surface area (Å²) >= 11 is 20.2. The SMILES string of the molecule is CCNc1cccc(COc2c(Br)cc(CCC(=O)O)cc2Br)c1Cl.CCNc1cccc(COc2c(Br)cc(CCC(=O)O)cc2Br)c1F. The number of hydrogen-bond donors (Lipinski definition) is 4. The van der Waals surface area contributed by atoms with Crippen LogP contribution in [0.2, 0.25) is 5.02 Å². The lowest BCUT2D eigenvalue weighted by Crippen LogP contribution is -2.05. The van der Waals surface area contributed by atoms with Crippen molar-refractivity contribution in [2.45, 2.75) is 52.7 Å². The van der Waals surface area contributed by atoms with E-state index in [4.69, 9.17) is 31.3 Å². The number of aryl methyl sites for hydroxylation is 2. The van der Waals surface area contributed by atoms with E-state index in [1.807, 2.05) is 56.3 Å². The number of benzene rings is 4. The van der Waals surface area contributed by atoms with Crippen LogP contribution in [0.4, 0.5) is 15.8 Å². The van der Waals surface area contributed by atoms with Gasteiger partial charge in [0.25, 0.3) is 0 Å². The number of carboxylic acids is 2. The first-order valence-corrected chi connectivity index (χ1v) is 19.1. The van der Waals surface area contributed by atoms with Gasteiger partial charge in [-0.25, -0.2) is 4.39 Å². The molecule has 268 valence electrons. The average molecular weight is 967 g/mol. The summed E-state index contributed by atoms with van der Waals surface area (Å²) in [7, 11) is 0. The molecule has 0 amide bonds. The molecule has 4 aromatic carbocycles. The molecule has 0 radical (unpaired) electrons. The molecule has 0 saturated carbocycles. The van der Waals surface area contributed by atoms with Gasteiger partial charge in [-0.2, -0.15) is 0 Å². The topological polar surface area (TPSA) is 117 Å². The number of aliphatic carboxylic acids is 2. The van der Waals surface area contributed by atoms with Crippen LogP contribution in [0.15, 0.2) is 78.6 Å². The van der Waals surface area contributed by atoms with Crippen LogP contribution >= 0.6 is 75.3 Å².